The van der Waals surface area contributed by atoms with Gasteiger partial charge in [-0.1, -0.05) is 13.3 Å². The second kappa shape index (κ2) is 7.90. The Morgan fingerprint density at radius 1 is 1.20 bits per heavy atom. The first-order chi connectivity index (χ1) is 11.5. The van der Waals surface area contributed by atoms with Gasteiger partial charge in [-0.3, -0.25) is 25.0 Å². The van der Waals surface area contributed by atoms with Crippen molar-refractivity contribution in [2.75, 3.05) is 13.1 Å². The minimum absolute atomic E-state index is 0.217. The van der Waals surface area contributed by atoms with E-state index in [-0.39, 0.29) is 18.5 Å². The molecular weight excluding hydrogens is 347 g/mol. The smallest absolute Gasteiger partial charge is 0.330 e. The van der Waals surface area contributed by atoms with Crippen LogP contribution < -0.4 is 0 Å². The molecule has 0 radical (unpaired) electrons. The molecular formula is C14H16F3N3O5. The van der Waals surface area contributed by atoms with E-state index in [0.717, 1.165) is 6.07 Å². The van der Waals surface area contributed by atoms with E-state index >= 15 is 0 Å². The molecule has 1 amide bonds. The molecule has 0 saturated carbocycles. The van der Waals surface area contributed by atoms with Gasteiger partial charge in [-0.05, 0) is 13.3 Å². The number of hydrogen-bond donors (Lipinski definition) is 0. The maximum absolute atomic E-state index is 12.7. The van der Waals surface area contributed by atoms with Gasteiger partial charge < -0.3 is 4.90 Å². The van der Waals surface area contributed by atoms with Gasteiger partial charge in [0, 0.05) is 18.2 Å². The minimum atomic E-state index is -4.66. The molecule has 1 aromatic carbocycles. The van der Waals surface area contributed by atoms with Crippen molar-refractivity contribution in [3.05, 3.63) is 43.5 Å². The molecule has 25 heavy (non-hydrogen) atoms. The number of amides is 1. The number of hydrogen-bond acceptors (Lipinski definition) is 5. The Kier molecular flexibility index (Phi) is 6.42. The molecule has 0 aliphatic carbocycles. The minimum Gasteiger partial charge on any atom is -0.330 e. The summed E-state index contributed by atoms with van der Waals surface area (Å²) in [5.74, 6) is -1.13. The van der Waals surface area contributed by atoms with Crippen LogP contribution in [0, 0.1) is 27.2 Å². The van der Waals surface area contributed by atoms with Gasteiger partial charge in [-0.15, -0.1) is 0 Å². The Hall–Kier alpha value is -2.72. The lowest BCUT2D eigenvalue weighted by Crippen LogP contribution is -2.40. The molecule has 0 aliphatic rings. The molecule has 1 aromatic rings. The summed E-state index contributed by atoms with van der Waals surface area (Å²) in [4.78, 5) is 33.1. The molecule has 0 saturated heterocycles. The van der Waals surface area contributed by atoms with Crippen LogP contribution in [0.1, 0.15) is 35.7 Å². The lowest BCUT2D eigenvalue weighted by molar-refractivity contribution is -0.394. The van der Waals surface area contributed by atoms with Crippen molar-refractivity contribution in [3.8, 4) is 0 Å². The Morgan fingerprint density at radius 3 is 2.24 bits per heavy atom. The third-order valence-electron chi connectivity index (χ3n) is 3.44. The average Bonchev–Trinajstić information content (AvgIpc) is 2.49. The topological polar surface area (TPSA) is 107 Å². The fourth-order valence-corrected chi connectivity index (χ4v) is 2.19. The maximum atomic E-state index is 12.7. The monoisotopic (exact) mass is 363 g/mol. The number of nitro benzene ring substituents is 2. The van der Waals surface area contributed by atoms with Crippen molar-refractivity contribution >= 4 is 17.3 Å². The number of carbonyl (C=O) groups is 1. The molecule has 0 aliphatic heterocycles. The summed E-state index contributed by atoms with van der Waals surface area (Å²) >= 11 is 0. The highest BCUT2D eigenvalue weighted by Gasteiger charge is 2.35. The Bertz CT molecular complexity index is 691. The van der Waals surface area contributed by atoms with E-state index in [4.69, 9.17) is 0 Å². The fraction of sp³-hybridized carbons (Fsp3) is 0.500. The largest absolute Gasteiger partial charge is 0.406 e. The molecule has 1 rings (SSSR count). The second-order valence-electron chi connectivity index (χ2n) is 5.35. The summed E-state index contributed by atoms with van der Waals surface area (Å²) in [6.45, 7) is 1.13. The summed E-state index contributed by atoms with van der Waals surface area (Å²) in [5, 5.41) is 21.9. The summed E-state index contributed by atoms with van der Waals surface area (Å²) < 4.78 is 38.1. The molecule has 0 fully saturated rings. The Balaban J connectivity index is 3.40. The van der Waals surface area contributed by atoms with Crippen molar-refractivity contribution in [2.24, 2.45) is 0 Å². The van der Waals surface area contributed by atoms with Gasteiger partial charge in [0.15, 0.2) is 0 Å². The van der Waals surface area contributed by atoms with Crippen LogP contribution >= 0.6 is 0 Å². The van der Waals surface area contributed by atoms with Crippen molar-refractivity contribution in [1.82, 2.24) is 4.90 Å². The molecule has 0 N–H and O–H groups in total. The summed E-state index contributed by atoms with van der Waals surface area (Å²) in [7, 11) is 0. The first-order valence-electron chi connectivity index (χ1n) is 7.27. The molecule has 0 heterocycles. The summed E-state index contributed by atoms with van der Waals surface area (Å²) in [5.41, 5.74) is -2.13. The third kappa shape index (κ3) is 5.40. The quantitative estimate of drug-likeness (QED) is 0.543. The number of alkyl halides is 3. The van der Waals surface area contributed by atoms with Crippen molar-refractivity contribution < 1.29 is 27.8 Å². The van der Waals surface area contributed by atoms with Crippen molar-refractivity contribution in [3.63, 3.8) is 0 Å². The second-order valence-corrected chi connectivity index (χ2v) is 5.35. The zero-order valence-corrected chi connectivity index (χ0v) is 13.5. The standard InChI is InChI=1S/C14H16F3N3O5/c1-3-4-5-18(8-14(15,16)17)13(21)11-6-10(19(22)23)7-12(9(11)2)20(24)25/h6-7H,3-5,8H2,1-2H3. The van der Waals surface area contributed by atoms with E-state index in [1.165, 1.54) is 6.92 Å². The molecule has 0 aromatic heterocycles. The predicted octanol–water partition coefficient (Wildman–Crippen LogP) is 3.62. The van der Waals surface area contributed by atoms with E-state index < -0.39 is 45.4 Å². The number of halogens is 3. The van der Waals surface area contributed by atoms with E-state index in [9.17, 15) is 38.2 Å². The lowest BCUT2D eigenvalue weighted by Gasteiger charge is -2.24. The number of nitrogens with zero attached hydrogens (tertiary/aromatic N) is 3. The number of benzene rings is 1. The number of non-ortho nitro benzene ring substituents is 1. The number of nitro groups is 2. The van der Waals surface area contributed by atoms with Crippen LogP contribution in [0.2, 0.25) is 0 Å². The normalized spacial score (nSPS) is 11.2. The first-order valence-corrected chi connectivity index (χ1v) is 7.27. The van der Waals surface area contributed by atoms with Crippen LogP contribution in [-0.2, 0) is 0 Å². The highest BCUT2D eigenvalue weighted by atomic mass is 19.4. The molecule has 0 spiro atoms. The summed E-state index contributed by atoms with van der Waals surface area (Å²) in [6, 6.07) is 1.44. The molecule has 0 bridgehead atoms. The molecule has 0 unspecified atom stereocenters. The van der Waals surface area contributed by atoms with Gasteiger partial charge in [0.1, 0.15) is 6.54 Å². The van der Waals surface area contributed by atoms with Gasteiger partial charge in [-0.25, -0.2) is 0 Å². The van der Waals surface area contributed by atoms with Crippen LogP contribution in [0.3, 0.4) is 0 Å². The highest BCUT2D eigenvalue weighted by Crippen LogP contribution is 2.29. The van der Waals surface area contributed by atoms with Crippen molar-refractivity contribution in [1.29, 1.82) is 0 Å². The van der Waals surface area contributed by atoms with E-state index in [2.05, 4.69) is 0 Å². The van der Waals surface area contributed by atoms with Crippen LogP contribution in [-0.4, -0.2) is 39.9 Å². The summed E-state index contributed by atoms with van der Waals surface area (Å²) in [6.07, 6.45) is -3.85. The number of unbranched alkanes of at least 4 members (excludes halogenated alkanes) is 1. The van der Waals surface area contributed by atoms with E-state index in [0.29, 0.717) is 17.4 Å². The average molecular weight is 363 g/mol. The van der Waals surface area contributed by atoms with Crippen molar-refractivity contribution in [2.45, 2.75) is 32.9 Å². The van der Waals surface area contributed by atoms with Gasteiger partial charge in [0.2, 0.25) is 0 Å². The van der Waals surface area contributed by atoms with Crippen LogP contribution in [0.25, 0.3) is 0 Å². The van der Waals surface area contributed by atoms with Gasteiger partial charge in [0.25, 0.3) is 17.3 Å². The van der Waals surface area contributed by atoms with Crippen LogP contribution in [0.4, 0.5) is 24.5 Å². The van der Waals surface area contributed by atoms with Gasteiger partial charge in [-0.2, -0.15) is 13.2 Å². The predicted molar refractivity (Wildman–Crippen MR) is 81.4 cm³/mol. The lowest BCUT2D eigenvalue weighted by atomic mass is 10.0. The molecule has 8 nitrogen and oxygen atoms in total. The Morgan fingerprint density at radius 2 is 1.80 bits per heavy atom. The van der Waals surface area contributed by atoms with E-state index in [1.54, 1.807) is 6.92 Å². The molecule has 138 valence electrons. The van der Waals surface area contributed by atoms with Crippen LogP contribution in [0.15, 0.2) is 12.1 Å². The zero-order valence-electron chi connectivity index (χ0n) is 13.5. The zero-order chi connectivity index (χ0) is 19.4. The molecule has 11 heteroatoms. The number of carbonyl (C=O) groups excluding carboxylic acids is 1. The van der Waals surface area contributed by atoms with Gasteiger partial charge in [0.05, 0.1) is 21.5 Å². The van der Waals surface area contributed by atoms with Crippen LogP contribution in [0.5, 0.6) is 0 Å². The van der Waals surface area contributed by atoms with E-state index in [1.807, 2.05) is 0 Å². The fourth-order valence-electron chi connectivity index (χ4n) is 2.19. The Labute approximate surface area is 140 Å². The number of rotatable bonds is 7. The SMILES string of the molecule is CCCCN(CC(F)(F)F)C(=O)c1cc([N+](=O)[O-])cc([N+](=O)[O-])c1C. The maximum Gasteiger partial charge on any atom is 0.406 e. The molecule has 0 atom stereocenters. The highest BCUT2D eigenvalue weighted by molar-refractivity contribution is 5.97. The first kappa shape index (κ1) is 20.3. The van der Waals surface area contributed by atoms with Gasteiger partial charge >= 0.3 is 6.18 Å². The third-order valence-corrected chi connectivity index (χ3v) is 3.44.